The molecule has 0 atom stereocenters. The van der Waals surface area contributed by atoms with E-state index in [0.717, 1.165) is 24.2 Å². The van der Waals surface area contributed by atoms with E-state index in [-0.39, 0.29) is 0 Å². The first kappa shape index (κ1) is 28.2. The molecular formula is C26H44O2Si5. The lowest BCUT2D eigenvalue weighted by atomic mass is 10.4. The molecule has 0 aliphatic heterocycles. The van der Waals surface area contributed by atoms with Crippen molar-refractivity contribution in [2.45, 2.75) is 65.0 Å². The molecule has 0 amide bonds. The highest BCUT2D eigenvalue weighted by atomic mass is 28.5. The molecule has 0 bridgehead atoms. The van der Waals surface area contributed by atoms with Gasteiger partial charge in [0.1, 0.15) is 0 Å². The first-order chi connectivity index (χ1) is 15.8. The molecule has 0 saturated heterocycles. The van der Waals surface area contributed by atoms with Crippen LogP contribution >= 0.6 is 0 Å². The second kappa shape index (κ2) is 13.7. The predicted octanol–water partition coefficient (Wildman–Crippen LogP) is 4.79. The SMILES string of the molecule is CC[Si](C=C[SiH2]c1ccccc1)(CC)O[Si](C)(C)O[Si](C=C[SiH2]c1ccccc1)(CC)CC. The molecule has 7 heteroatoms. The van der Waals surface area contributed by atoms with Gasteiger partial charge in [-0.1, -0.05) is 110 Å². The molecule has 0 unspecified atom stereocenters. The predicted molar refractivity (Wildman–Crippen MR) is 161 cm³/mol. The maximum Gasteiger partial charge on any atom is 0.311 e. The molecular weight excluding hydrogens is 485 g/mol. The van der Waals surface area contributed by atoms with Crippen LogP contribution in [0.15, 0.2) is 83.5 Å². The van der Waals surface area contributed by atoms with E-state index >= 15 is 0 Å². The van der Waals surface area contributed by atoms with Crippen LogP contribution in [0.4, 0.5) is 0 Å². The first-order valence-corrected chi connectivity index (χ1v) is 23.3. The van der Waals surface area contributed by atoms with Crippen molar-refractivity contribution < 1.29 is 8.23 Å². The zero-order valence-electron chi connectivity index (χ0n) is 21.6. The van der Waals surface area contributed by atoms with Gasteiger partial charge in [0.2, 0.25) is 16.6 Å². The van der Waals surface area contributed by atoms with Gasteiger partial charge < -0.3 is 8.23 Å². The number of hydrogen-bond acceptors (Lipinski definition) is 2. The van der Waals surface area contributed by atoms with Gasteiger partial charge in [0.15, 0.2) is 0 Å². The smallest absolute Gasteiger partial charge is 0.311 e. The highest BCUT2D eigenvalue weighted by Gasteiger charge is 2.42. The molecule has 0 fully saturated rings. The van der Waals surface area contributed by atoms with E-state index in [1.807, 2.05) is 0 Å². The van der Waals surface area contributed by atoms with Crippen LogP contribution in [0.1, 0.15) is 27.7 Å². The van der Waals surface area contributed by atoms with Gasteiger partial charge in [-0.25, -0.2) is 0 Å². The molecule has 2 aromatic rings. The highest BCUT2D eigenvalue weighted by Crippen LogP contribution is 2.29. The average Bonchev–Trinajstić information content (AvgIpc) is 2.84. The minimum atomic E-state index is -2.26. The van der Waals surface area contributed by atoms with Crippen molar-refractivity contribution in [1.29, 1.82) is 0 Å². The summed E-state index contributed by atoms with van der Waals surface area (Å²) in [5.41, 5.74) is 9.97. The van der Waals surface area contributed by atoms with Crippen LogP contribution < -0.4 is 10.4 Å². The Kier molecular flexibility index (Phi) is 11.7. The summed E-state index contributed by atoms with van der Waals surface area (Å²) in [5.74, 6) is 0. The second-order valence-corrected chi connectivity index (χ2v) is 24.9. The third-order valence-corrected chi connectivity index (χ3v) is 24.0. The van der Waals surface area contributed by atoms with E-state index in [1.54, 1.807) is 0 Å². The minimum Gasteiger partial charge on any atom is -0.433 e. The Morgan fingerprint density at radius 1 is 0.606 bits per heavy atom. The summed E-state index contributed by atoms with van der Waals surface area (Å²) in [6, 6.07) is 26.3. The summed E-state index contributed by atoms with van der Waals surface area (Å²) in [6.45, 7) is 13.8. The fourth-order valence-corrected chi connectivity index (χ4v) is 23.6. The van der Waals surface area contributed by atoms with Crippen LogP contribution in [-0.4, -0.2) is 44.2 Å². The highest BCUT2D eigenvalue weighted by molar-refractivity contribution is 6.92. The molecule has 2 nitrogen and oxygen atoms in total. The molecule has 0 heterocycles. The third kappa shape index (κ3) is 9.24. The van der Waals surface area contributed by atoms with Gasteiger partial charge in [-0.3, -0.25) is 0 Å². The van der Waals surface area contributed by atoms with Gasteiger partial charge in [0, 0.05) is 0 Å². The number of benzene rings is 2. The molecule has 180 valence electrons. The summed E-state index contributed by atoms with van der Waals surface area (Å²) in [6.07, 6.45) is 0. The Hall–Kier alpha value is -1.08. The summed E-state index contributed by atoms with van der Waals surface area (Å²) in [7, 11) is -6.94. The van der Waals surface area contributed by atoms with Crippen molar-refractivity contribution in [1.82, 2.24) is 0 Å². The van der Waals surface area contributed by atoms with Crippen LogP contribution in [0, 0.1) is 0 Å². The van der Waals surface area contributed by atoms with E-state index in [0.29, 0.717) is 0 Å². The number of rotatable bonds is 14. The van der Waals surface area contributed by atoms with Crippen LogP contribution in [0.25, 0.3) is 0 Å². The van der Waals surface area contributed by atoms with Crippen LogP contribution in [-0.2, 0) is 8.23 Å². The quantitative estimate of drug-likeness (QED) is 0.328. The lowest BCUT2D eigenvalue weighted by Gasteiger charge is -2.41. The molecule has 0 N–H and O–H groups in total. The van der Waals surface area contributed by atoms with Gasteiger partial charge in [-0.15, -0.1) is 11.4 Å². The first-order valence-electron chi connectivity index (χ1n) is 12.6. The van der Waals surface area contributed by atoms with Gasteiger partial charge in [-0.05, 0) is 37.3 Å². The molecule has 0 aliphatic rings. The standard InChI is InChI=1S/C26H44O2Si5/c1-7-32(8-2,23-21-29-25-17-13-11-14-18-25)27-31(5,6)28-33(9-3,10-4)24-22-30-26-19-15-12-16-20-26/h11-24H,7-10,29-30H2,1-6H3. The van der Waals surface area contributed by atoms with E-state index in [4.69, 9.17) is 8.23 Å². The topological polar surface area (TPSA) is 18.5 Å². The van der Waals surface area contributed by atoms with Crippen molar-refractivity contribution >= 4 is 54.6 Å². The maximum absolute atomic E-state index is 7.09. The maximum atomic E-state index is 7.09. The molecule has 0 aromatic heterocycles. The van der Waals surface area contributed by atoms with Crippen LogP contribution in [0.5, 0.6) is 0 Å². The molecule has 0 radical (unpaired) electrons. The van der Waals surface area contributed by atoms with Crippen molar-refractivity contribution in [3.63, 3.8) is 0 Å². The zero-order chi connectivity index (χ0) is 24.2. The summed E-state index contributed by atoms with van der Waals surface area (Å²) >= 11 is 0. The lowest BCUT2D eigenvalue weighted by Crippen LogP contribution is -2.54. The molecule has 0 spiro atoms. The Balaban J connectivity index is 2.12. The van der Waals surface area contributed by atoms with Gasteiger partial charge in [0.25, 0.3) is 0 Å². The van der Waals surface area contributed by atoms with E-state index < -0.39 is 44.2 Å². The summed E-state index contributed by atoms with van der Waals surface area (Å²) in [4.78, 5) is 0. The lowest BCUT2D eigenvalue weighted by molar-refractivity contribution is 0.388. The zero-order valence-corrected chi connectivity index (χ0v) is 27.5. The Morgan fingerprint density at radius 2 is 0.939 bits per heavy atom. The molecule has 0 aliphatic carbocycles. The Bertz CT molecular complexity index is 789. The average molecular weight is 529 g/mol. The largest absolute Gasteiger partial charge is 0.433 e. The normalized spacial score (nSPS) is 14.0. The summed E-state index contributed by atoms with van der Waals surface area (Å²) in [5, 5.41) is 2.99. The monoisotopic (exact) mass is 528 g/mol. The Morgan fingerprint density at radius 3 is 1.24 bits per heavy atom. The van der Waals surface area contributed by atoms with E-state index in [2.05, 4.69) is 124 Å². The summed E-state index contributed by atoms with van der Waals surface area (Å²) < 4.78 is 14.2. The fraction of sp³-hybridized carbons (Fsp3) is 0.385. The van der Waals surface area contributed by atoms with Crippen molar-refractivity contribution in [2.75, 3.05) is 0 Å². The Labute approximate surface area is 210 Å². The minimum absolute atomic E-state index is 0.391. The van der Waals surface area contributed by atoms with Gasteiger partial charge in [-0.2, -0.15) is 0 Å². The molecule has 2 rings (SSSR count). The van der Waals surface area contributed by atoms with Crippen LogP contribution in [0.2, 0.25) is 37.3 Å². The number of hydrogen-bond donors (Lipinski definition) is 0. The second-order valence-electron chi connectivity index (χ2n) is 9.33. The van der Waals surface area contributed by atoms with Gasteiger partial charge >= 0.3 is 8.56 Å². The van der Waals surface area contributed by atoms with Crippen molar-refractivity contribution in [3.05, 3.63) is 83.5 Å². The van der Waals surface area contributed by atoms with E-state index in [1.165, 1.54) is 10.4 Å². The van der Waals surface area contributed by atoms with Crippen molar-refractivity contribution in [2.24, 2.45) is 0 Å². The van der Waals surface area contributed by atoms with E-state index in [9.17, 15) is 0 Å². The van der Waals surface area contributed by atoms with Gasteiger partial charge in [0.05, 0.1) is 19.0 Å². The molecule has 33 heavy (non-hydrogen) atoms. The third-order valence-electron chi connectivity index (χ3n) is 6.53. The van der Waals surface area contributed by atoms with Crippen molar-refractivity contribution in [3.8, 4) is 0 Å². The molecule has 0 saturated carbocycles. The fourth-order valence-electron chi connectivity index (χ4n) is 4.38. The molecule has 2 aromatic carbocycles. The van der Waals surface area contributed by atoms with Crippen LogP contribution in [0.3, 0.4) is 0 Å².